The van der Waals surface area contributed by atoms with E-state index in [2.05, 4.69) is 49.9 Å². The number of benzene rings is 2. The zero-order valence-electron chi connectivity index (χ0n) is 20.4. The van der Waals surface area contributed by atoms with Crippen molar-refractivity contribution in [3.63, 3.8) is 0 Å². The number of rotatable bonds is 6. The molecule has 1 aliphatic carbocycles. The van der Waals surface area contributed by atoms with Crippen molar-refractivity contribution in [1.82, 2.24) is 19.8 Å². The van der Waals surface area contributed by atoms with Crippen LogP contribution in [0, 0.1) is 9.49 Å². The number of carboxylic acids is 1. The van der Waals surface area contributed by atoms with E-state index in [4.69, 9.17) is 9.90 Å². The van der Waals surface area contributed by atoms with Crippen LogP contribution in [0.5, 0.6) is 0 Å². The number of piperidine rings is 1. The summed E-state index contributed by atoms with van der Waals surface area (Å²) in [6.45, 7) is 3.44. The van der Waals surface area contributed by atoms with Crippen LogP contribution in [0.3, 0.4) is 0 Å². The molecule has 5 rings (SSSR count). The summed E-state index contributed by atoms with van der Waals surface area (Å²) in [4.78, 5) is 39.3. The Hall–Kier alpha value is -2.87. The molecule has 204 valence electrons. The number of carbonyl (C=O) groups excluding carboxylic acids is 1. The second kappa shape index (κ2) is 11.9. The van der Waals surface area contributed by atoms with E-state index < -0.39 is 12.1 Å². The predicted octanol–water partition coefficient (Wildman–Crippen LogP) is 4.12. The number of fused-ring (bicyclic) bond motifs is 1. The first kappa shape index (κ1) is 28.1. The first-order chi connectivity index (χ1) is 18.0. The fraction of sp³-hybridized carbons (Fsp3) is 0.423. The molecule has 1 aliphatic heterocycles. The van der Waals surface area contributed by atoms with Gasteiger partial charge in [0.25, 0.3) is 0 Å². The van der Waals surface area contributed by atoms with Crippen LogP contribution in [0.1, 0.15) is 36.8 Å². The Balaban J connectivity index is 0.000000426. The minimum absolute atomic E-state index is 0.0138. The van der Waals surface area contributed by atoms with Crippen molar-refractivity contribution in [2.24, 2.45) is 5.92 Å². The van der Waals surface area contributed by atoms with Crippen LogP contribution in [-0.4, -0.2) is 63.8 Å². The normalized spacial score (nSPS) is 20.0. The van der Waals surface area contributed by atoms with E-state index in [9.17, 15) is 22.8 Å². The first-order valence-electron chi connectivity index (χ1n) is 12.3. The van der Waals surface area contributed by atoms with E-state index in [0.717, 1.165) is 53.5 Å². The molecular formula is C26H28F3IN4O4. The second-order valence-corrected chi connectivity index (χ2v) is 10.7. The minimum atomic E-state index is -5.08. The molecule has 1 saturated carbocycles. The summed E-state index contributed by atoms with van der Waals surface area (Å²) >= 11 is 2.27. The number of nitrogens with one attached hydrogen (secondary N) is 2. The monoisotopic (exact) mass is 644 g/mol. The Morgan fingerprint density at radius 2 is 1.76 bits per heavy atom. The van der Waals surface area contributed by atoms with Gasteiger partial charge in [-0.3, -0.25) is 9.36 Å². The topological polar surface area (TPSA) is 107 Å². The van der Waals surface area contributed by atoms with Crippen LogP contribution >= 0.6 is 22.6 Å². The average molecular weight is 644 g/mol. The van der Waals surface area contributed by atoms with Gasteiger partial charge in [-0.05, 0) is 71.5 Å². The lowest BCUT2D eigenvalue weighted by atomic mass is 10.0. The third kappa shape index (κ3) is 6.95. The van der Waals surface area contributed by atoms with E-state index in [1.165, 1.54) is 5.56 Å². The zero-order chi connectivity index (χ0) is 27.4. The highest BCUT2D eigenvalue weighted by atomic mass is 127. The number of halogens is 4. The molecule has 2 aromatic carbocycles. The standard InChI is InChI=1S/C24H27IN4O2.C2HF3O2/c25-17-6-7-22-21(14-17)27-24(31)29(22)18-8-11-28(12-9-18)13-10-26-23(30)20-15-19(20)16-4-2-1-3-5-16;3-2(4,5)1(6)7/h1-7,14,18-20H,8-13,15H2,(H,26,30)(H,27,31);(H,6,7). The molecule has 1 amide bonds. The fourth-order valence-corrected chi connectivity index (χ4v) is 5.38. The molecule has 12 heteroatoms. The van der Waals surface area contributed by atoms with Crippen molar-refractivity contribution in [2.45, 2.75) is 37.4 Å². The van der Waals surface area contributed by atoms with E-state index in [0.29, 0.717) is 12.5 Å². The summed E-state index contributed by atoms with van der Waals surface area (Å²) in [5.41, 5.74) is 3.16. The van der Waals surface area contributed by atoms with E-state index in [1.54, 1.807) is 0 Å². The van der Waals surface area contributed by atoms with Crippen LogP contribution in [-0.2, 0) is 9.59 Å². The number of amides is 1. The minimum Gasteiger partial charge on any atom is -0.475 e. The molecule has 2 heterocycles. The van der Waals surface area contributed by atoms with Crippen molar-refractivity contribution in [1.29, 1.82) is 0 Å². The lowest BCUT2D eigenvalue weighted by molar-refractivity contribution is -0.192. The zero-order valence-corrected chi connectivity index (χ0v) is 22.5. The molecule has 8 nitrogen and oxygen atoms in total. The summed E-state index contributed by atoms with van der Waals surface area (Å²) in [6.07, 6.45) is -2.23. The number of H-pyrrole nitrogens is 1. The van der Waals surface area contributed by atoms with E-state index in [-0.39, 0.29) is 23.6 Å². The number of aromatic amines is 1. The van der Waals surface area contributed by atoms with Crippen molar-refractivity contribution >= 4 is 45.5 Å². The molecule has 2 atom stereocenters. The Labute approximate surface area is 230 Å². The van der Waals surface area contributed by atoms with E-state index >= 15 is 0 Å². The molecule has 0 bridgehead atoms. The Bertz CT molecular complexity index is 1330. The Morgan fingerprint density at radius 3 is 2.39 bits per heavy atom. The molecule has 38 heavy (non-hydrogen) atoms. The molecule has 1 saturated heterocycles. The number of alkyl halides is 3. The second-order valence-electron chi connectivity index (χ2n) is 9.49. The van der Waals surface area contributed by atoms with Crippen LogP contribution in [0.2, 0.25) is 0 Å². The number of imidazole rings is 1. The van der Waals surface area contributed by atoms with Gasteiger partial charge in [-0.2, -0.15) is 13.2 Å². The summed E-state index contributed by atoms with van der Waals surface area (Å²) < 4.78 is 34.8. The summed E-state index contributed by atoms with van der Waals surface area (Å²) in [5.74, 6) is -2.06. The molecule has 1 aromatic heterocycles. The highest BCUT2D eigenvalue weighted by Crippen LogP contribution is 2.47. The molecule has 2 aliphatic rings. The summed E-state index contributed by atoms with van der Waals surface area (Å²) in [5, 5.41) is 10.3. The van der Waals surface area contributed by atoms with Gasteiger partial charge in [0.15, 0.2) is 0 Å². The van der Waals surface area contributed by atoms with Gasteiger partial charge in [-0.1, -0.05) is 30.3 Å². The molecule has 3 aromatic rings. The maximum absolute atomic E-state index is 12.5. The van der Waals surface area contributed by atoms with Gasteiger partial charge < -0.3 is 20.3 Å². The number of aromatic nitrogens is 2. The van der Waals surface area contributed by atoms with Gasteiger partial charge >= 0.3 is 17.8 Å². The van der Waals surface area contributed by atoms with Gasteiger partial charge in [-0.15, -0.1) is 0 Å². The van der Waals surface area contributed by atoms with Crippen LogP contribution in [0.15, 0.2) is 53.3 Å². The number of carbonyl (C=O) groups is 2. The quantitative estimate of drug-likeness (QED) is 0.350. The number of likely N-dealkylation sites (tertiary alicyclic amines) is 1. The predicted molar refractivity (Wildman–Crippen MR) is 144 cm³/mol. The molecule has 0 spiro atoms. The summed E-state index contributed by atoms with van der Waals surface area (Å²) in [6, 6.07) is 16.7. The van der Waals surface area contributed by atoms with Crippen molar-refractivity contribution in [3.8, 4) is 0 Å². The lowest BCUT2D eigenvalue weighted by Crippen LogP contribution is -2.41. The number of aliphatic carboxylic acids is 1. The number of hydrogen-bond donors (Lipinski definition) is 3. The van der Waals surface area contributed by atoms with Gasteiger partial charge in [0.1, 0.15) is 0 Å². The number of hydrogen-bond acceptors (Lipinski definition) is 4. The largest absolute Gasteiger partial charge is 0.490 e. The van der Waals surface area contributed by atoms with Crippen LogP contribution < -0.4 is 11.0 Å². The number of carboxylic acid groups (broad SMARTS) is 1. The molecule has 2 unspecified atom stereocenters. The fourth-order valence-electron chi connectivity index (χ4n) is 4.89. The van der Waals surface area contributed by atoms with Gasteiger partial charge in [-0.25, -0.2) is 9.59 Å². The SMILES string of the molecule is O=C(NCCN1CCC(n2c(=O)[nH]c3cc(I)ccc32)CC1)C1CC1c1ccccc1.O=C(O)C(F)(F)F. The van der Waals surface area contributed by atoms with Crippen molar-refractivity contribution in [3.05, 3.63) is 68.1 Å². The highest BCUT2D eigenvalue weighted by Gasteiger charge is 2.43. The molecular weight excluding hydrogens is 616 g/mol. The maximum Gasteiger partial charge on any atom is 0.490 e. The molecule has 2 fully saturated rings. The van der Waals surface area contributed by atoms with Gasteiger partial charge in [0.05, 0.1) is 11.0 Å². The number of nitrogens with zero attached hydrogens (tertiary/aromatic N) is 2. The smallest absolute Gasteiger partial charge is 0.475 e. The Morgan fingerprint density at radius 1 is 1.11 bits per heavy atom. The Kier molecular flexibility index (Phi) is 8.81. The first-order valence-corrected chi connectivity index (χ1v) is 13.4. The van der Waals surface area contributed by atoms with Crippen LogP contribution in [0.25, 0.3) is 11.0 Å². The van der Waals surface area contributed by atoms with Gasteiger partial charge in [0, 0.05) is 41.7 Å². The van der Waals surface area contributed by atoms with Crippen molar-refractivity contribution < 1.29 is 27.9 Å². The third-order valence-electron chi connectivity index (χ3n) is 6.93. The third-order valence-corrected chi connectivity index (χ3v) is 7.60. The van der Waals surface area contributed by atoms with Crippen LogP contribution in [0.4, 0.5) is 13.2 Å². The highest BCUT2D eigenvalue weighted by molar-refractivity contribution is 14.1. The summed E-state index contributed by atoms with van der Waals surface area (Å²) in [7, 11) is 0. The van der Waals surface area contributed by atoms with E-state index in [1.807, 2.05) is 41.0 Å². The lowest BCUT2D eigenvalue weighted by Gasteiger charge is -2.32. The molecule has 0 radical (unpaired) electrons. The molecule has 3 N–H and O–H groups in total. The maximum atomic E-state index is 12.5. The van der Waals surface area contributed by atoms with Crippen molar-refractivity contribution in [2.75, 3.05) is 26.2 Å². The van der Waals surface area contributed by atoms with Gasteiger partial charge in [0.2, 0.25) is 5.91 Å². The average Bonchev–Trinajstić information content (AvgIpc) is 3.61.